The molecule has 0 bridgehead atoms. The van der Waals surface area contributed by atoms with Crippen molar-refractivity contribution in [3.8, 4) is 0 Å². The number of ether oxygens (including phenoxy) is 1. The van der Waals surface area contributed by atoms with Crippen molar-refractivity contribution in [3.63, 3.8) is 0 Å². The zero-order valence-corrected chi connectivity index (χ0v) is 15.2. The number of esters is 1. The van der Waals surface area contributed by atoms with Gasteiger partial charge in [0.25, 0.3) is 5.91 Å². The van der Waals surface area contributed by atoms with Crippen LogP contribution in [0.2, 0.25) is 0 Å². The highest BCUT2D eigenvalue weighted by molar-refractivity contribution is 7.19. The van der Waals surface area contributed by atoms with Crippen molar-refractivity contribution in [2.45, 2.75) is 58.1 Å². The fourth-order valence-corrected chi connectivity index (χ4v) is 4.26. The van der Waals surface area contributed by atoms with E-state index in [-0.39, 0.29) is 11.9 Å². The number of aryl methyl sites for hydroxylation is 2. The van der Waals surface area contributed by atoms with Crippen LogP contribution < -0.4 is 5.32 Å². The summed E-state index contributed by atoms with van der Waals surface area (Å²) in [5, 5.41) is 3.00. The standard InChI is InChI=1S/C18H24N2O3S/c1-11-9-14-16(24-11)10-15(20(14)3)18(22)23-12(2)17(21)19-13-7-5-4-6-8-13/h9-10,12-13H,4-8H2,1-3H3,(H,19,21)/t12-/m0/s1. The summed E-state index contributed by atoms with van der Waals surface area (Å²) in [4.78, 5) is 25.8. The maximum Gasteiger partial charge on any atom is 0.355 e. The lowest BCUT2D eigenvalue weighted by molar-refractivity contribution is -0.130. The molecule has 0 aromatic carbocycles. The second-order valence-electron chi connectivity index (χ2n) is 6.59. The van der Waals surface area contributed by atoms with Crippen LogP contribution in [0.1, 0.15) is 54.4 Å². The lowest BCUT2D eigenvalue weighted by Gasteiger charge is -2.24. The van der Waals surface area contributed by atoms with Crippen molar-refractivity contribution >= 4 is 33.4 Å². The Morgan fingerprint density at radius 2 is 2.00 bits per heavy atom. The summed E-state index contributed by atoms with van der Waals surface area (Å²) in [5.74, 6) is -0.660. The van der Waals surface area contributed by atoms with E-state index in [1.165, 1.54) is 11.3 Å². The van der Waals surface area contributed by atoms with Gasteiger partial charge in [-0.1, -0.05) is 19.3 Å². The molecule has 6 heteroatoms. The van der Waals surface area contributed by atoms with Crippen LogP contribution in [-0.4, -0.2) is 28.6 Å². The number of carbonyl (C=O) groups is 2. The number of rotatable bonds is 4. The maximum absolute atomic E-state index is 12.4. The lowest BCUT2D eigenvalue weighted by Crippen LogP contribution is -2.42. The van der Waals surface area contributed by atoms with Gasteiger partial charge in [0, 0.05) is 18.0 Å². The van der Waals surface area contributed by atoms with E-state index in [9.17, 15) is 9.59 Å². The van der Waals surface area contributed by atoms with Crippen LogP contribution in [0.5, 0.6) is 0 Å². The number of hydrogen-bond acceptors (Lipinski definition) is 4. The molecule has 1 aliphatic carbocycles. The molecule has 1 saturated carbocycles. The summed E-state index contributed by atoms with van der Waals surface area (Å²) in [5.41, 5.74) is 1.50. The molecule has 5 nitrogen and oxygen atoms in total. The monoisotopic (exact) mass is 348 g/mol. The Morgan fingerprint density at radius 3 is 2.67 bits per heavy atom. The summed E-state index contributed by atoms with van der Waals surface area (Å²) in [6.07, 6.45) is 4.78. The SMILES string of the molecule is Cc1cc2c(cc(C(=O)O[C@@H](C)C(=O)NC3CCCCC3)n2C)s1. The predicted octanol–water partition coefficient (Wildman–Crippen LogP) is 3.54. The first-order chi connectivity index (χ1) is 11.5. The molecule has 2 aromatic rings. The van der Waals surface area contributed by atoms with E-state index >= 15 is 0 Å². The number of nitrogens with zero attached hydrogens (tertiary/aromatic N) is 1. The lowest BCUT2D eigenvalue weighted by atomic mass is 9.95. The molecule has 2 aromatic heterocycles. The molecule has 1 N–H and O–H groups in total. The Balaban J connectivity index is 1.63. The van der Waals surface area contributed by atoms with E-state index in [0.29, 0.717) is 5.69 Å². The number of nitrogens with one attached hydrogen (secondary N) is 1. The van der Waals surface area contributed by atoms with E-state index < -0.39 is 12.1 Å². The molecular formula is C18H24N2O3S. The minimum absolute atomic E-state index is 0.206. The number of aromatic nitrogens is 1. The first-order valence-electron chi connectivity index (χ1n) is 8.53. The number of amides is 1. The van der Waals surface area contributed by atoms with Gasteiger partial charge < -0.3 is 14.6 Å². The van der Waals surface area contributed by atoms with E-state index in [1.807, 2.05) is 24.6 Å². The average Bonchev–Trinajstić information content (AvgIpc) is 3.06. The molecule has 1 aliphatic rings. The first kappa shape index (κ1) is 17.0. The van der Waals surface area contributed by atoms with E-state index in [1.54, 1.807) is 18.3 Å². The highest BCUT2D eigenvalue weighted by Crippen LogP contribution is 2.28. The molecule has 0 radical (unpaired) electrons. The summed E-state index contributed by atoms with van der Waals surface area (Å²) in [6, 6.07) is 4.10. The third-order valence-electron chi connectivity index (χ3n) is 4.67. The summed E-state index contributed by atoms with van der Waals surface area (Å²) in [7, 11) is 1.85. The van der Waals surface area contributed by atoms with Gasteiger partial charge in [0.1, 0.15) is 5.69 Å². The van der Waals surface area contributed by atoms with E-state index in [4.69, 9.17) is 4.74 Å². The largest absolute Gasteiger partial charge is 0.448 e. The van der Waals surface area contributed by atoms with Crippen LogP contribution in [-0.2, 0) is 16.6 Å². The molecule has 0 spiro atoms. The van der Waals surface area contributed by atoms with Crippen LogP contribution >= 0.6 is 11.3 Å². The van der Waals surface area contributed by atoms with Gasteiger partial charge in [-0.25, -0.2) is 4.79 Å². The highest BCUT2D eigenvalue weighted by Gasteiger charge is 2.24. The molecule has 1 fully saturated rings. The Hall–Kier alpha value is -1.82. The summed E-state index contributed by atoms with van der Waals surface area (Å²) < 4.78 is 8.27. The van der Waals surface area contributed by atoms with Crippen molar-refractivity contribution < 1.29 is 14.3 Å². The summed E-state index contributed by atoms with van der Waals surface area (Å²) >= 11 is 1.65. The minimum atomic E-state index is -0.783. The van der Waals surface area contributed by atoms with Gasteiger partial charge in [-0.05, 0) is 38.8 Å². The van der Waals surface area contributed by atoms with Crippen LogP contribution in [0.3, 0.4) is 0 Å². The zero-order valence-electron chi connectivity index (χ0n) is 14.4. The van der Waals surface area contributed by atoms with Gasteiger partial charge in [0.15, 0.2) is 6.10 Å². The maximum atomic E-state index is 12.4. The normalized spacial score (nSPS) is 17.0. The van der Waals surface area contributed by atoms with Gasteiger partial charge in [-0.3, -0.25) is 4.79 Å². The molecule has 1 amide bonds. The van der Waals surface area contributed by atoms with Crippen LogP contribution in [0.4, 0.5) is 0 Å². The second-order valence-corrected chi connectivity index (χ2v) is 7.87. The Bertz CT molecular complexity index is 756. The Kier molecular flexibility index (Phi) is 4.94. The number of carbonyl (C=O) groups excluding carboxylic acids is 2. The molecule has 2 heterocycles. The van der Waals surface area contributed by atoms with Gasteiger partial charge in [0.2, 0.25) is 0 Å². The third-order valence-corrected chi connectivity index (χ3v) is 5.65. The third kappa shape index (κ3) is 3.48. The molecule has 24 heavy (non-hydrogen) atoms. The smallest absolute Gasteiger partial charge is 0.355 e. The van der Waals surface area contributed by atoms with Crippen molar-refractivity contribution in [1.29, 1.82) is 0 Å². The minimum Gasteiger partial charge on any atom is -0.448 e. The number of hydrogen-bond donors (Lipinski definition) is 1. The molecular weight excluding hydrogens is 324 g/mol. The molecule has 0 aliphatic heterocycles. The first-order valence-corrected chi connectivity index (χ1v) is 9.34. The Labute approximate surface area is 146 Å². The second kappa shape index (κ2) is 6.97. The quantitative estimate of drug-likeness (QED) is 0.860. The Morgan fingerprint density at radius 1 is 1.29 bits per heavy atom. The molecule has 130 valence electrons. The van der Waals surface area contributed by atoms with Crippen LogP contribution in [0.25, 0.3) is 10.2 Å². The van der Waals surface area contributed by atoms with Crippen molar-refractivity contribution in [2.75, 3.05) is 0 Å². The fraction of sp³-hybridized carbons (Fsp3) is 0.556. The van der Waals surface area contributed by atoms with Crippen molar-refractivity contribution in [2.24, 2.45) is 7.05 Å². The zero-order chi connectivity index (χ0) is 17.3. The number of fused-ring (bicyclic) bond motifs is 1. The summed E-state index contributed by atoms with van der Waals surface area (Å²) in [6.45, 7) is 3.67. The number of thiophene rings is 1. The van der Waals surface area contributed by atoms with E-state index in [2.05, 4.69) is 11.4 Å². The molecule has 0 saturated heterocycles. The van der Waals surface area contributed by atoms with Crippen LogP contribution in [0, 0.1) is 6.92 Å². The van der Waals surface area contributed by atoms with Crippen LogP contribution in [0.15, 0.2) is 12.1 Å². The van der Waals surface area contributed by atoms with Crippen molar-refractivity contribution in [1.82, 2.24) is 9.88 Å². The van der Waals surface area contributed by atoms with Gasteiger partial charge in [0.05, 0.1) is 10.2 Å². The molecule has 3 rings (SSSR count). The van der Waals surface area contributed by atoms with E-state index in [0.717, 1.165) is 35.9 Å². The van der Waals surface area contributed by atoms with Gasteiger partial charge in [-0.2, -0.15) is 0 Å². The van der Waals surface area contributed by atoms with Gasteiger partial charge >= 0.3 is 5.97 Å². The fourth-order valence-electron chi connectivity index (χ4n) is 3.27. The average molecular weight is 348 g/mol. The predicted molar refractivity (Wildman–Crippen MR) is 95.4 cm³/mol. The van der Waals surface area contributed by atoms with Crippen molar-refractivity contribution in [3.05, 3.63) is 22.7 Å². The highest BCUT2D eigenvalue weighted by atomic mass is 32.1. The topological polar surface area (TPSA) is 60.3 Å². The van der Waals surface area contributed by atoms with Gasteiger partial charge in [-0.15, -0.1) is 11.3 Å². The molecule has 1 atom stereocenters. The molecule has 0 unspecified atom stereocenters.